The number of rotatable bonds is 9. The molecule has 0 bridgehead atoms. The largest absolute Gasteiger partial charge is 0.481 e. The van der Waals surface area contributed by atoms with Crippen LogP contribution in [0.5, 0.6) is 0 Å². The molecule has 2 unspecified atom stereocenters. The molecule has 2 atom stereocenters. The summed E-state index contributed by atoms with van der Waals surface area (Å²) in [6, 6.07) is 12.1. The summed E-state index contributed by atoms with van der Waals surface area (Å²) in [7, 11) is 0. The molecule has 0 aromatic heterocycles. The maximum absolute atomic E-state index is 13.5. The van der Waals surface area contributed by atoms with Gasteiger partial charge in [0.2, 0.25) is 6.04 Å². The first-order valence-corrected chi connectivity index (χ1v) is 11.2. The van der Waals surface area contributed by atoms with Gasteiger partial charge in [-0.1, -0.05) is 62.4 Å². The first kappa shape index (κ1) is 26.1. The van der Waals surface area contributed by atoms with Gasteiger partial charge in [-0.05, 0) is 34.6 Å². The quantitative estimate of drug-likeness (QED) is 0.484. The second-order valence-corrected chi connectivity index (χ2v) is 8.85. The number of amides is 2. The predicted octanol–water partition coefficient (Wildman–Crippen LogP) is 4.32. The number of fused-ring (bicyclic) bond motifs is 3. The summed E-state index contributed by atoms with van der Waals surface area (Å²) in [4.78, 5) is 35.8. The zero-order valence-corrected chi connectivity index (χ0v) is 19.3. The number of benzene rings is 2. The number of halogens is 3. The monoisotopic (exact) mass is 492 g/mol. The van der Waals surface area contributed by atoms with E-state index in [0.29, 0.717) is 0 Å². The van der Waals surface area contributed by atoms with Crippen molar-refractivity contribution in [2.45, 2.75) is 38.4 Å². The first-order valence-electron chi connectivity index (χ1n) is 11.2. The van der Waals surface area contributed by atoms with E-state index in [1.54, 1.807) is 19.2 Å². The lowest BCUT2D eigenvalue weighted by Crippen LogP contribution is -2.56. The summed E-state index contributed by atoms with van der Waals surface area (Å²) in [5, 5.41) is 12.8. The summed E-state index contributed by atoms with van der Waals surface area (Å²) < 4.78 is 45.6. The Bertz CT molecular complexity index is 1040. The van der Waals surface area contributed by atoms with E-state index >= 15 is 0 Å². The number of carbonyl (C=O) groups is 3. The van der Waals surface area contributed by atoms with Crippen molar-refractivity contribution in [1.29, 1.82) is 0 Å². The summed E-state index contributed by atoms with van der Waals surface area (Å²) in [5.74, 6) is -4.24. The van der Waals surface area contributed by atoms with Crippen molar-refractivity contribution in [3.05, 3.63) is 59.7 Å². The number of carbonyl (C=O) groups excluding carboxylic acids is 2. The topological polar surface area (TPSA) is 105 Å². The lowest BCUT2D eigenvalue weighted by Gasteiger charge is -2.23. The standard InChI is InChI=1S/C25H27F3N2O5/c1-14(2)11-15(23(32)33)12-29-22(31)21(25(26,27)28)30-24(34)35-13-20-18-9-5-3-7-16(18)17-8-4-6-10-19(17)20/h3-10,14-15,20-21H,11-13H2,1-2H3,(H,29,31)(H,30,34)(H,32,33). The molecule has 1 aliphatic rings. The molecule has 2 aromatic carbocycles. The minimum absolute atomic E-state index is 0.0367. The molecule has 3 rings (SSSR count). The van der Waals surface area contributed by atoms with Crippen LogP contribution in [0.15, 0.2) is 48.5 Å². The number of hydrogen-bond donors (Lipinski definition) is 3. The van der Waals surface area contributed by atoms with Gasteiger partial charge in [-0.3, -0.25) is 9.59 Å². The summed E-state index contributed by atoms with van der Waals surface area (Å²) in [6.07, 6.45) is -6.33. The molecule has 0 spiro atoms. The molecule has 35 heavy (non-hydrogen) atoms. The van der Waals surface area contributed by atoms with E-state index in [1.165, 1.54) is 0 Å². The van der Waals surface area contributed by atoms with Gasteiger partial charge in [-0.15, -0.1) is 0 Å². The van der Waals surface area contributed by atoms with Crippen molar-refractivity contribution in [2.24, 2.45) is 11.8 Å². The highest BCUT2D eigenvalue weighted by Gasteiger charge is 2.46. The van der Waals surface area contributed by atoms with Crippen LogP contribution in [0.3, 0.4) is 0 Å². The van der Waals surface area contributed by atoms with E-state index in [2.05, 4.69) is 0 Å². The molecular weight excluding hydrogens is 465 g/mol. The minimum Gasteiger partial charge on any atom is -0.481 e. The van der Waals surface area contributed by atoms with E-state index in [-0.39, 0.29) is 24.9 Å². The van der Waals surface area contributed by atoms with Crippen LogP contribution in [-0.2, 0) is 14.3 Å². The lowest BCUT2D eigenvalue weighted by molar-refractivity contribution is -0.167. The van der Waals surface area contributed by atoms with Gasteiger partial charge in [-0.25, -0.2) is 4.79 Å². The van der Waals surface area contributed by atoms with Crippen molar-refractivity contribution >= 4 is 18.0 Å². The summed E-state index contributed by atoms with van der Waals surface area (Å²) in [6.45, 7) is 2.80. The third-order valence-corrected chi connectivity index (χ3v) is 5.82. The van der Waals surface area contributed by atoms with E-state index < -0.39 is 42.7 Å². The van der Waals surface area contributed by atoms with Gasteiger partial charge < -0.3 is 20.5 Å². The molecule has 0 radical (unpaired) electrons. The zero-order valence-electron chi connectivity index (χ0n) is 19.3. The van der Waals surface area contributed by atoms with E-state index in [9.17, 15) is 32.7 Å². The maximum Gasteiger partial charge on any atom is 0.417 e. The Labute approximate surface area is 200 Å². The highest BCUT2D eigenvalue weighted by molar-refractivity contribution is 5.87. The van der Waals surface area contributed by atoms with Crippen LogP contribution < -0.4 is 10.6 Å². The van der Waals surface area contributed by atoms with Crippen molar-refractivity contribution in [2.75, 3.05) is 13.2 Å². The first-order chi connectivity index (χ1) is 16.5. The van der Waals surface area contributed by atoms with Gasteiger partial charge in [-0.2, -0.15) is 13.2 Å². The number of nitrogens with one attached hydrogen (secondary N) is 2. The highest BCUT2D eigenvalue weighted by Crippen LogP contribution is 2.44. The normalized spacial score (nSPS) is 14.6. The number of hydrogen-bond acceptors (Lipinski definition) is 4. The average Bonchev–Trinajstić information content (AvgIpc) is 3.11. The van der Waals surface area contributed by atoms with Crippen molar-refractivity contribution in [1.82, 2.24) is 10.6 Å². The lowest BCUT2D eigenvalue weighted by atomic mass is 9.97. The molecule has 0 fully saturated rings. The second-order valence-electron chi connectivity index (χ2n) is 8.85. The van der Waals surface area contributed by atoms with Crippen molar-refractivity contribution < 1.29 is 37.4 Å². The highest BCUT2D eigenvalue weighted by atomic mass is 19.4. The zero-order chi connectivity index (χ0) is 25.8. The Balaban J connectivity index is 1.64. The molecule has 0 heterocycles. The summed E-state index contributed by atoms with van der Waals surface area (Å²) in [5.41, 5.74) is 3.69. The maximum atomic E-state index is 13.5. The number of carboxylic acid groups (broad SMARTS) is 1. The molecule has 0 aliphatic heterocycles. The molecule has 7 nitrogen and oxygen atoms in total. The van der Waals surface area contributed by atoms with Crippen LogP contribution >= 0.6 is 0 Å². The van der Waals surface area contributed by atoms with Gasteiger partial charge in [0.05, 0.1) is 5.92 Å². The Morgan fingerprint density at radius 2 is 1.54 bits per heavy atom. The van der Waals surface area contributed by atoms with E-state index in [1.807, 2.05) is 53.8 Å². The van der Waals surface area contributed by atoms with Gasteiger partial charge in [0.1, 0.15) is 6.61 Å². The number of carboxylic acids is 1. The third-order valence-electron chi connectivity index (χ3n) is 5.82. The predicted molar refractivity (Wildman–Crippen MR) is 122 cm³/mol. The Hall–Kier alpha value is -3.56. The van der Waals surface area contributed by atoms with E-state index in [4.69, 9.17) is 4.74 Å². The second kappa shape index (κ2) is 10.8. The van der Waals surface area contributed by atoms with Crippen LogP contribution in [-0.4, -0.2) is 48.4 Å². The summed E-state index contributed by atoms with van der Waals surface area (Å²) >= 11 is 0. The van der Waals surface area contributed by atoms with E-state index in [0.717, 1.165) is 22.3 Å². The molecule has 2 amide bonds. The molecule has 0 saturated carbocycles. The fourth-order valence-electron chi connectivity index (χ4n) is 4.22. The number of alkyl carbamates (subject to hydrolysis) is 1. The fraction of sp³-hybridized carbons (Fsp3) is 0.400. The molecule has 2 aromatic rings. The Morgan fingerprint density at radius 1 is 1.00 bits per heavy atom. The Kier molecular flexibility index (Phi) is 8.03. The van der Waals surface area contributed by atoms with Crippen LogP contribution in [0, 0.1) is 11.8 Å². The van der Waals surface area contributed by atoms with Crippen LogP contribution in [0.1, 0.15) is 37.3 Å². The van der Waals surface area contributed by atoms with Crippen LogP contribution in [0.2, 0.25) is 0 Å². The molecule has 0 saturated heterocycles. The van der Waals surface area contributed by atoms with Gasteiger partial charge >= 0.3 is 18.2 Å². The molecular formula is C25H27F3N2O5. The minimum atomic E-state index is -5.10. The molecule has 3 N–H and O–H groups in total. The van der Waals surface area contributed by atoms with Crippen LogP contribution in [0.25, 0.3) is 11.1 Å². The van der Waals surface area contributed by atoms with Crippen molar-refractivity contribution in [3.63, 3.8) is 0 Å². The number of alkyl halides is 3. The Morgan fingerprint density at radius 3 is 2.03 bits per heavy atom. The molecule has 10 heteroatoms. The van der Waals surface area contributed by atoms with Gasteiger partial charge in [0.15, 0.2) is 0 Å². The number of aliphatic carboxylic acids is 1. The van der Waals surface area contributed by atoms with Crippen molar-refractivity contribution in [3.8, 4) is 11.1 Å². The van der Waals surface area contributed by atoms with Gasteiger partial charge in [0.25, 0.3) is 5.91 Å². The number of ether oxygens (including phenoxy) is 1. The van der Waals surface area contributed by atoms with Gasteiger partial charge in [0, 0.05) is 12.5 Å². The average molecular weight is 492 g/mol. The molecule has 1 aliphatic carbocycles. The van der Waals surface area contributed by atoms with Crippen LogP contribution in [0.4, 0.5) is 18.0 Å². The molecule has 188 valence electrons. The third kappa shape index (κ3) is 6.32. The smallest absolute Gasteiger partial charge is 0.417 e. The fourth-order valence-corrected chi connectivity index (χ4v) is 4.22. The SMILES string of the molecule is CC(C)CC(CNC(=O)C(NC(=O)OCC1c2ccccc2-c2ccccc21)C(F)(F)F)C(=O)O.